The van der Waals surface area contributed by atoms with Crippen molar-refractivity contribution in [2.45, 2.75) is 6.54 Å². The number of nitrogens with one attached hydrogen (secondary N) is 2. The van der Waals surface area contributed by atoms with Crippen molar-refractivity contribution in [3.8, 4) is 11.8 Å². The van der Waals surface area contributed by atoms with Gasteiger partial charge in [-0.25, -0.2) is 0 Å². The molecule has 2 N–H and O–H groups in total. The lowest BCUT2D eigenvalue weighted by atomic mass is 10.2. The normalized spacial score (nSPS) is 9.64. The van der Waals surface area contributed by atoms with Gasteiger partial charge in [0.05, 0.1) is 25.3 Å². The Kier molecular flexibility index (Phi) is 5.38. The number of nitriles is 1. The second-order valence-corrected chi connectivity index (χ2v) is 4.67. The van der Waals surface area contributed by atoms with Crippen LogP contribution in [0, 0.1) is 11.3 Å². The number of rotatable bonds is 6. The highest BCUT2D eigenvalue weighted by Crippen LogP contribution is 2.11. The standard InChI is InChI=1S/C17H17N3O2/c1-22-16-7-5-13(6-8-16)11-20-17(21)12-19-15-4-2-3-14(9-15)10-18/h2-9,19H,11-12H2,1H3,(H,20,21). The summed E-state index contributed by atoms with van der Waals surface area (Å²) in [6.07, 6.45) is 0. The molecule has 22 heavy (non-hydrogen) atoms. The molecule has 0 bridgehead atoms. The van der Waals surface area contributed by atoms with Crippen LogP contribution in [0.1, 0.15) is 11.1 Å². The predicted octanol–water partition coefficient (Wildman–Crippen LogP) is 2.30. The SMILES string of the molecule is COc1ccc(CNC(=O)CNc2cccc(C#N)c2)cc1. The molecule has 2 aromatic rings. The lowest BCUT2D eigenvalue weighted by Crippen LogP contribution is -2.29. The minimum atomic E-state index is -0.113. The fourth-order valence-electron chi connectivity index (χ4n) is 1.89. The Bertz CT molecular complexity index is 675. The van der Waals surface area contributed by atoms with Gasteiger partial charge < -0.3 is 15.4 Å². The molecule has 5 heteroatoms. The number of hydrogen-bond donors (Lipinski definition) is 2. The molecule has 0 aliphatic carbocycles. The maximum Gasteiger partial charge on any atom is 0.239 e. The van der Waals surface area contributed by atoms with Gasteiger partial charge in [0.25, 0.3) is 0 Å². The van der Waals surface area contributed by atoms with Gasteiger partial charge in [-0.2, -0.15) is 5.26 Å². The molecule has 5 nitrogen and oxygen atoms in total. The van der Waals surface area contributed by atoms with E-state index in [0.717, 1.165) is 17.0 Å². The molecule has 0 saturated carbocycles. The highest BCUT2D eigenvalue weighted by atomic mass is 16.5. The maximum absolute atomic E-state index is 11.8. The fourth-order valence-corrected chi connectivity index (χ4v) is 1.89. The third-order valence-electron chi connectivity index (χ3n) is 3.09. The van der Waals surface area contributed by atoms with Crippen molar-refractivity contribution in [3.05, 3.63) is 59.7 Å². The van der Waals surface area contributed by atoms with Gasteiger partial charge in [-0.1, -0.05) is 18.2 Å². The van der Waals surface area contributed by atoms with Crippen LogP contribution in [0.25, 0.3) is 0 Å². The zero-order valence-electron chi connectivity index (χ0n) is 12.3. The van der Waals surface area contributed by atoms with Crippen molar-refractivity contribution in [2.24, 2.45) is 0 Å². The lowest BCUT2D eigenvalue weighted by molar-refractivity contribution is -0.119. The first-order valence-electron chi connectivity index (χ1n) is 6.85. The largest absolute Gasteiger partial charge is 0.497 e. The molecule has 0 spiro atoms. The average Bonchev–Trinajstić information content (AvgIpc) is 2.58. The number of hydrogen-bond acceptors (Lipinski definition) is 4. The van der Waals surface area contributed by atoms with Crippen molar-refractivity contribution in [2.75, 3.05) is 19.0 Å². The van der Waals surface area contributed by atoms with Crippen LogP contribution in [-0.2, 0) is 11.3 Å². The molecule has 0 aliphatic heterocycles. The van der Waals surface area contributed by atoms with Gasteiger partial charge in [0, 0.05) is 12.2 Å². The number of benzene rings is 2. The summed E-state index contributed by atoms with van der Waals surface area (Å²) in [6, 6.07) is 16.6. The highest BCUT2D eigenvalue weighted by molar-refractivity contribution is 5.80. The molecule has 2 rings (SSSR count). The van der Waals surface area contributed by atoms with Gasteiger partial charge in [-0.05, 0) is 35.9 Å². The van der Waals surface area contributed by atoms with Crippen LogP contribution in [0.2, 0.25) is 0 Å². The van der Waals surface area contributed by atoms with Gasteiger partial charge in [0.15, 0.2) is 0 Å². The summed E-state index contributed by atoms with van der Waals surface area (Å²) in [5.74, 6) is 0.673. The Balaban J connectivity index is 1.79. The van der Waals surface area contributed by atoms with E-state index in [1.54, 1.807) is 25.3 Å². The summed E-state index contributed by atoms with van der Waals surface area (Å²) in [5.41, 5.74) is 2.31. The second kappa shape index (κ2) is 7.70. The molecule has 0 aliphatic rings. The Morgan fingerprint density at radius 2 is 2.00 bits per heavy atom. The third-order valence-corrected chi connectivity index (χ3v) is 3.09. The van der Waals surface area contributed by atoms with Crippen molar-refractivity contribution in [1.29, 1.82) is 5.26 Å². The molecule has 0 heterocycles. The molecular formula is C17H17N3O2. The number of carbonyl (C=O) groups is 1. The first-order chi connectivity index (χ1) is 10.7. The predicted molar refractivity (Wildman–Crippen MR) is 84.5 cm³/mol. The van der Waals surface area contributed by atoms with E-state index in [2.05, 4.69) is 16.7 Å². The Morgan fingerprint density at radius 3 is 2.68 bits per heavy atom. The Morgan fingerprint density at radius 1 is 1.23 bits per heavy atom. The van der Waals surface area contributed by atoms with E-state index in [-0.39, 0.29) is 12.5 Å². The van der Waals surface area contributed by atoms with Crippen molar-refractivity contribution >= 4 is 11.6 Å². The van der Waals surface area contributed by atoms with E-state index in [9.17, 15) is 4.79 Å². The molecule has 0 radical (unpaired) electrons. The van der Waals surface area contributed by atoms with Crippen LogP contribution in [0.3, 0.4) is 0 Å². The average molecular weight is 295 g/mol. The van der Waals surface area contributed by atoms with Crippen LogP contribution in [0.5, 0.6) is 5.75 Å². The molecule has 0 unspecified atom stereocenters. The van der Waals surface area contributed by atoms with Crippen LogP contribution in [0.4, 0.5) is 5.69 Å². The van der Waals surface area contributed by atoms with E-state index in [4.69, 9.17) is 10.00 Å². The van der Waals surface area contributed by atoms with Crippen LogP contribution >= 0.6 is 0 Å². The monoisotopic (exact) mass is 295 g/mol. The molecule has 0 atom stereocenters. The van der Waals surface area contributed by atoms with Crippen molar-refractivity contribution < 1.29 is 9.53 Å². The van der Waals surface area contributed by atoms with Gasteiger partial charge in [0.2, 0.25) is 5.91 Å². The molecule has 0 fully saturated rings. The summed E-state index contributed by atoms with van der Waals surface area (Å²) in [6.45, 7) is 0.619. The van der Waals surface area contributed by atoms with Gasteiger partial charge >= 0.3 is 0 Å². The van der Waals surface area contributed by atoms with Crippen molar-refractivity contribution in [1.82, 2.24) is 5.32 Å². The Labute approximate surface area is 129 Å². The molecule has 0 saturated heterocycles. The van der Waals surface area contributed by atoms with Crippen LogP contribution in [0.15, 0.2) is 48.5 Å². The van der Waals surface area contributed by atoms with Crippen LogP contribution < -0.4 is 15.4 Å². The Hall–Kier alpha value is -3.00. The summed E-state index contributed by atoms with van der Waals surface area (Å²) >= 11 is 0. The van der Waals surface area contributed by atoms with E-state index >= 15 is 0 Å². The first-order valence-corrected chi connectivity index (χ1v) is 6.85. The summed E-state index contributed by atoms with van der Waals surface area (Å²) in [7, 11) is 1.61. The summed E-state index contributed by atoms with van der Waals surface area (Å²) in [5, 5.41) is 14.6. The third kappa shape index (κ3) is 4.53. The smallest absolute Gasteiger partial charge is 0.239 e. The lowest BCUT2D eigenvalue weighted by Gasteiger charge is -2.08. The number of carbonyl (C=O) groups excluding carboxylic acids is 1. The number of anilines is 1. The summed E-state index contributed by atoms with van der Waals surface area (Å²) in [4.78, 5) is 11.8. The number of ether oxygens (including phenoxy) is 1. The highest BCUT2D eigenvalue weighted by Gasteiger charge is 2.02. The topological polar surface area (TPSA) is 74.2 Å². The quantitative estimate of drug-likeness (QED) is 0.857. The molecule has 0 aromatic heterocycles. The van der Waals surface area contributed by atoms with Crippen LogP contribution in [-0.4, -0.2) is 19.6 Å². The number of amides is 1. The molecule has 2 aromatic carbocycles. The summed E-state index contributed by atoms with van der Waals surface area (Å²) < 4.78 is 5.08. The first kappa shape index (κ1) is 15.4. The zero-order valence-corrected chi connectivity index (χ0v) is 12.3. The molecule has 1 amide bonds. The van der Waals surface area contributed by atoms with Gasteiger partial charge in [-0.3, -0.25) is 4.79 Å². The minimum absolute atomic E-state index is 0.113. The van der Waals surface area contributed by atoms with E-state index < -0.39 is 0 Å². The zero-order chi connectivity index (χ0) is 15.8. The van der Waals surface area contributed by atoms with E-state index in [1.165, 1.54) is 0 Å². The van der Waals surface area contributed by atoms with Crippen molar-refractivity contribution in [3.63, 3.8) is 0 Å². The maximum atomic E-state index is 11.8. The minimum Gasteiger partial charge on any atom is -0.497 e. The van der Waals surface area contributed by atoms with E-state index in [1.807, 2.05) is 30.3 Å². The fraction of sp³-hybridized carbons (Fsp3) is 0.176. The van der Waals surface area contributed by atoms with Gasteiger partial charge in [0.1, 0.15) is 5.75 Å². The molecular weight excluding hydrogens is 278 g/mol. The molecule has 112 valence electrons. The number of methoxy groups -OCH3 is 1. The number of nitrogens with zero attached hydrogens (tertiary/aromatic N) is 1. The van der Waals surface area contributed by atoms with E-state index in [0.29, 0.717) is 12.1 Å². The second-order valence-electron chi connectivity index (χ2n) is 4.67. The van der Waals surface area contributed by atoms with Gasteiger partial charge in [-0.15, -0.1) is 0 Å².